The maximum absolute atomic E-state index is 11.8. The molecule has 0 aliphatic heterocycles. The summed E-state index contributed by atoms with van der Waals surface area (Å²) in [6, 6.07) is 4.57. The van der Waals surface area contributed by atoms with Gasteiger partial charge in [0.2, 0.25) is 10.0 Å². The summed E-state index contributed by atoms with van der Waals surface area (Å²) in [4.78, 5) is 22.2. The Morgan fingerprint density at radius 2 is 1.95 bits per heavy atom. The van der Waals surface area contributed by atoms with Gasteiger partial charge in [0.15, 0.2) is 0 Å². The van der Waals surface area contributed by atoms with Crippen LogP contribution in [0.3, 0.4) is 0 Å². The smallest absolute Gasteiger partial charge is 0.322 e. The molecule has 104 valence electrons. The number of aryl methyl sites for hydroxylation is 1. The zero-order valence-electron chi connectivity index (χ0n) is 10.4. The molecule has 1 rings (SSSR count). The fraction of sp³-hybridized carbons (Fsp3) is 0.273. The highest BCUT2D eigenvalue weighted by Gasteiger charge is 2.15. The highest BCUT2D eigenvalue weighted by Crippen LogP contribution is 2.18. The van der Waals surface area contributed by atoms with Crippen LogP contribution in [-0.2, 0) is 14.8 Å². The molecular weight excluding hydrogens is 272 g/mol. The van der Waals surface area contributed by atoms with E-state index in [1.54, 1.807) is 13.0 Å². The minimum absolute atomic E-state index is 0.0756. The maximum Gasteiger partial charge on any atom is 0.322 e. The number of hydrogen-bond donors (Lipinski definition) is 3. The van der Waals surface area contributed by atoms with Crippen LogP contribution < -0.4 is 10.0 Å². The topological polar surface area (TPSA) is 113 Å². The Labute approximate surface area is 110 Å². The summed E-state index contributed by atoms with van der Waals surface area (Å²) in [5, 5.41) is 10.7. The van der Waals surface area contributed by atoms with Gasteiger partial charge in [-0.25, -0.2) is 8.42 Å². The third kappa shape index (κ3) is 4.96. The molecule has 0 aliphatic carbocycles. The molecule has 0 bridgehead atoms. The highest BCUT2D eigenvalue weighted by atomic mass is 32.2. The van der Waals surface area contributed by atoms with Crippen LogP contribution in [0.2, 0.25) is 0 Å². The first-order chi connectivity index (χ1) is 8.69. The minimum atomic E-state index is -3.52. The van der Waals surface area contributed by atoms with E-state index in [2.05, 4.69) is 10.0 Å². The second-order valence-electron chi connectivity index (χ2n) is 4.00. The summed E-state index contributed by atoms with van der Waals surface area (Å²) in [6.07, 6.45) is 0.964. The molecule has 0 unspecified atom stereocenters. The van der Waals surface area contributed by atoms with Crippen molar-refractivity contribution in [3.05, 3.63) is 29.3 Å². The van der Waals surface area contributed by atoms with Gasteiger partial charge in [-0.1, -0.05) is 11.6 Å². The van der Waals surface area contributed by atoms with Gasteiger partial charge in [-0.05, 0) is 19.1 Å². The standard InChI is InChI=1S/C11H14N2O5S/c1-7-3-4-9(13-19(2,17)18)8(5-7)11(16)12-6-10(14)15/h3-5,13H,6H2,1-2H3,(H,12,16)(H,14,15). The molecule has 0 aromatic heterocycles. The minimum Gasteiger partial charge on any atom is -0.480 e. The number of rotatable bonds is 5. The number of aliphatic carboxylic acids is 1. The lowest BCUT2D eigenvalue weighted by Crippen LogP contribution is -2.30. The highest BCUT2D eigenvalue weighted by molar-refractivity contribution is 7.92. The van der Waals surface area contributed by atoms with Gasteiger partial charge in [-0.3, -0.25) is 14.3 Å². The number of hydrogen-bond acceptors (Lipinski definition) is 4. The Morgan fingerprint density at radius 1 is 1.32 bits per heavy atom. The van der Waals surface area contributed by atoms with Crippen molar-refractivity contribution >= 4 is 27.6 Å². The van der Waals surface area contributed by atoms with Crippen molar-refractivity contribution in [2.24, 2.45) is 0 Å². The number of carbonyl (C=O) groups excluding carboxylic acids is 1. The first kappa shape index (κ1) is 15.0. The number of carboxylic acids is 1. The van der Waals surface area contributed by atoms with Crippen LogP contribution >= 0.6 is 0 Å². The summed E-state index contributed by atoms with van der Waals surface area (Å²) in [5.41, 5.74) is 0.933. The Bertz CT molecular complexity index is 610. The number of anilines is 1. The normalized spacial score (nSPS) is 10.8. The maximum atomic E-state index is 11.8. The Kier molecular flexibility index (Phi) is 4.49. The largest absolute Gasteiger partial charge is 0.480 e. The van der Waals surface area contributed by atoms with E-state index in [4.69, 9.17) is 5.11 Å². The van der Waals surface area contributed by atoms with Gasteiger partial charge in [0, 0.05) is 0 Å². The molecule has 0 heterocycles. The summed E-state index contributed by atoms with van der Waals surface area (Å²) in [7, 11) is -3.52. The summed E-state index contributed by atoms with van der Waals surface area (Å²) < 4.78 is 24.6. The van der Waals surface area contributed by atoms with Gasteiger partial charge in [-0.2, -0.15) is 0 Å². The number of sulfonamides is 1. The average Bonchev–Trinajstić information content (AvgIpc) is 2.26. The fourth-order valence-corrected chi connectivity index (χ4v) is 1.96. The van der Waals surface area contributed by atoms with E-state index in [9.17, 15) is 18.0 Å². The molecule has 1 amide bonds. The zero-order valence-corrected chi connectivity index (χ0v) is 11.2. The molecule has 7 nitrogen and oxygen atoms in total. The van der Waals surface area contributed by atoms with Gasteiger partial charge in [-0.15, -0.1) is 0 Å². The lowest BCUT2D eigenvalue weighted by molar-refractivity contribution is -0.135. The van der Waals surface area contributed by atoms with Crippen LogP contribution in [-0.4, -0.2) is 38.2 Å². The summed E-state index contributed by atoms with van der Waals surface area (Å²) in [6.45, 7) is 1.20. The SMILES string of the molecule is Cc1ccc(NS(C)(=O)=O)c(C(=O)NCC(=O)O)c1. The second kappa shape index (κ2) is 5.70. The van der Waals surface area contributed by atoms with Gasteiger partial charge in [0.1, 0.15) is 6.54 Å². The molecule has 8 heteroatoms. The van der Waals surface area contributed by atoms with Crippen LogP contribution in [0.5, 0.6) is 0 Å². The predicted octanol–water partition coefficient (Wildman–Crippen LogP) is 0.181. The zero-order chi connectivity index (χ0) is 14.6. The van der Waals surface area contributed by atoms with Crippen molar-refractivity contribution in [1.82, 2.24) is 5.32 Å². The van der Waals surface area contributed by atoms with Crippen molar-refractivity contribution in [2.75, 3.05) is 17.5 Å². The molecular formula is C11H14N2O5S. The van der Waals surface area contributed by atoms with Crippen LogP contribution in [0.4, 0.5) is 5.69 Å². The van der Waals surface area contributed by atoms with E-state index in [1.807, 2.05) is 0 Å². The van der Waals surface area contributed by atoms with E-state index < -0.39 is 28.4 Å². The Hall–Kier alpha value is -2.09. The first-order valence-electron chi connectivity index (χ1n) is 5.27. The third-order valence-electron chi connectivity index (χ3n) is 2.12. The van der Waals surface area contributed by atoms with Crippen LogP contribution in [0, 0.1) is 6.92 Å². The average molecular weight is 286 g/mol. The second-order valence-corrected chi connectivity index (χ2v) is 5.75. The molecule has 1 aromatic rings. The van der Waals surface area contributed by atoms with Crippen molar-refractivity contribution in [3.8, 4) is 0 Å². The van der Waals surface area contributed by atoms with Crippen LogP contribution in [0.25, 0.3) is 0 Å². The van der Waals surface area contributed by atoms with E-state index in [1.165, 1.54) is 12.1 Å². The number of carboxylic acid groups (broad SMARTS) is 1. The van der Waals surface area contributed by atoms with E-state index in [0.717, 1.165) is 11.8 Å². The van der Waals surface area contributed by atoms with E-state index in [0.29, 0.717) is 0 Å². The molecule has 0 atom stereocenters. The van der Waals surface area contributed by atoms with Crippen molar-refractivity contribution in [1.29, 1.82) is 0 Å². The third-order valence-corrected chi connectivity index (χ3v) is 2.71. The van der Waals surface area contributed by atoms with Crippen molar-refractivity contribution in [2.45, 2.75) is 6.92 Å². The molecule has 0 spiro atoms. The first-order valence-corrected chi connectivity index (χ1v) is 7.16. The fourth-order valence-electron chi connectivity index (χ4n) is 1.39. The van der Waals surface area contributed by atoms with Gasteiger partial charge in [0.05, 0.1) is 17.5 Å². The van der Waals surface area contributed by atoms with Crippen LogP contribution in [0.1, 0.15) is 15.9 Å². The molecule has 0 radical (unpaired) electrons. The molecule has 1 aromatic carbocycles. The number of nitrogens with one attached hydrogen (secondary N) is 2. The Morgan fingerprint density at radius 3 is 2.47 bits per heavy atom. The molecule has 19 heavy (non-hydrogen) atoms. The molecule has 0 saturated heterocycles. The van der Waals surface area contributed by atoms with Gasteiger partial charge >= 0.3 is 5.97 Å². The van der Waals surface area contributed by atoms with Crippen molar-refractivity contribution < 1.29 is 23.1 Å². The number of amides is 1. The molecule has 0 aliphatic rings. The predicted molar refractivity (Wildman–Crippen MR) is 69.6 cm³/mol. The van der Waals surface area contributed by atoms with Crippen molar-refractivity contribution in [3.63, 3.8) is 0 Å². The quantitative estimate of drug-likeness (QED) is 0.714. The number of carbonyl (C=O) groups is 2. The van der Waals surface area contributed by atoms with E-state index >= 15 is 0 Å². The number of benzene rings is 1. The van der Waals surface area contributed by atoms with Gasteiger partial charge < -0.3 is 10.4 Å². The summed E-state index contributed by atoms with van der Waals surface area (Å²) >= 11 is 0. The van der Waals surface area contributed by atoms with Crippen LogP contribution in [0.15, 0.2) is 18.2 Å². The summed E-state index contributed by atoms with van der Waals surface area (Å²) in [5.74, 6) is -1.84. The lowest BCUT2D eigenvalue weighted by Gasteiger charge is -2.11. The van der Waals surface area contributed by atoms with Gasteiger partial charge in [0.25, 0.3) is 5.91 Å². The van der Waals surface area contributed by atoms with E-state index in [-0.39, 0.29) is 11.3 Å². The molecule has 3 N–H and O–H groups in total. The monoisotopic (exact) mass is 286 g/mol. The lowest BCUT2D eigenvalue weighted by atomic mass is 10.1. The molecule has 0 fully saturated rings. The Balaban J connectivity index is 3.06. The molecule has 0 saturated carbocycles.